The Bertz CT molecular complexity index is 549. The first kappa shape index (κ1) is 16.3. The quantitative estimate of drug-likeness (QED) is 0.766. The first-order chi connectivity index (χ1) is 9.54. The minimum absolute atomic E-state index is 0.0907. The van der Waals surface area contributed by atoms with Crippen molar-refractivity contribution in [2.24, 2.45) is 0 Å². The van der Waals surface area contributed by atoms with Gasteiger partial charge in [0, 0.05) is 35.0 Å². The molecule has 0 saturated heterocycles. The predicted molar refractivity (Wildman–Crippen MR) is 78.7 cm³/mol. The van der Waals surface area contributed by atoms with Crippen molar-refractivity contribution in [2.45, 2.75) is 19.4 Å². The van der Waals surface area contributed by atoms with Crippen molar-refractivity contribution in [2.75, 3.05) is 18.6 Å². The number of hydrogen-bond acceptors (Lipinski definition) is 4. The van der Waals surface area contributed by atoms with Gasteiger partial charge in [0.05, 0.1) is 5.56 Å². The molecule has 0 saturated carbocycles. The summed E-state index contributed by atoms with van der Waals surface area (Å²) < 4.78 is 11.0. The zero-order valence-electron chi connectivity index (χ0n) is 11.5. The SMILES string of the molecule is CC(CCS(C)=O)NC(=O)c1ncccc1C#CCO. The Kier molecular flexibility index (Phi) is 6.91. The van der Waals surface area contributed by atoms with E-state index in [1.54, 1.807) is 18.4 Å². The highest BCUT2D eigenvalue weighted by Crippen LogP contribution is 2.04. The van der Waals surface area contributed by atoms with Crippen molar-refractivity contribution in [3.63, 3.8) is 0 Å². The molecule has 0 spiro atoms. The lowest BCUT2D eigenvalue weighted by atomic mass is 10.1. The van der Waals surface area contributed by atoms with Crippen LogP contribution in [0.25, 0.3) is 0 Å². The molecule has 1 rings (SSSR count). The number of aliphatic hydroxyl groups is 1. The van der Waals surface area contributed by atoms with Gasteiger partial charge in [0.2, 0.25) is 0 Å². The maximum absolute atomic E-state index is 12.1. The number of nitrogens with zero attached hydrogens (tertiary/aromatic N) is 1. The monoisotopic (exact) mass is 294 g/mol. The highest BCUT2D eigenvalue weighted by Gasteiger charge is 2.14. The Balaban J connectivity index is 2.74. The highest BCUT2D eigenvalue weighted by molar-refractivity contribution is 7.84. The number of pyridine rings is 1. The molecule has 0 aromatic carbocycles. The molecule has 2 unspecified atom stereocenters. The molecule has 0 aliphatic rings. The van der Waals surface area contributed by atoms with E-state index in [0.717, 1.165) is 0 Å². The van der Waals surface area contributed by atoms with Crippen LogP contribution in [0.3, 0.4) is 0 Å². The van der Waals surface area contributed by atoms with Crippen LogP contribution >= 0.6 is 0 Å². The van der Waals surface area contributed by atoms with Gasteiger partial charge in [-0.25, -0.2) is 4.98 Å². The Morgan fingerprint density at radius 2 is 2.35 bits per heavy atom. The van der Waals surface area contributed by atoms with E-state index in [2.05, 4.69) is 22.1 Å². The molecule has 2 atom stereocenters. The number of hydrogen-bond donors (Lipinski definition) is 2. The van der Waals surface area contributed by atoms with Crippen molar-refractivity contribution in [3.05, 3.63) is 29.6 Å². The summed E-state index contributed by atoms with van der Waals surface area (Å²) in [6, 6.07) is 3.27. The molecule has 1 amide bonds. The second-order valence-electron chi connectivity index (χ2n) is 4.30. The highest BCUT2D eigenvalue weighted by atomic mass is 32.2. The molecule has 5 nitrogen and oxygen atoms in total. The van der Waals surface area contributed by atoms with Crippen LogP contribution in [0.5, 0.6) is 0 Å². The van der Waals surface area contributed by atoms with Crippen molar-refractivity contribution in [1.82, 2.24) is 10.3 Å². The van der Waals surface area contributed by atoms with E-state index in [9.17, 15) is 9.00 Å². The molecular weight excluding hydrogens is 276 g/mol. The van der Waals surface area contributed by atoms with E-state index in [0.29, 0.717) is 17.7 Å². The van der Waals surface area contributed by atoms with Crippen LogP contribution in [-0.4, -0.2) is 44.9 Å². The summed E-state index contributed by atoms with van der Waals surface area (Å²) in [5.41, 5.74) is 0.711. The molecular formula is C14H18N2O3S. The molecule has 2 N–H and O–H groups in total. The van der Waals surface area contributed by atoms with Gasteiger partial charge in [0.15, 0.2) is 0 Å². The van der Waals surface area contributed by atoms with Gasteiger partial charge in [-0.3, -0.25) is 9.00 Å². The smallest absolute Gasteiger partial charge is 0.271 e. The average molecular weight is 294 g/mol. The minimum atomic E-state index is -0.871. The summed E-state index contributed by atoms with van der Waals surface area (Å²) in [5.74, 6) is 5.42. The average Bonchev–Trinajstić information content (AvgIpc) is 2.43. The zero-order chi connectivity index (χ0) is 15.0. The van der Waals surface area contributed by atoms with E-state index in [1.165, 1.54) is 6.20 Å². The van der Waals surface area contributed by atoms with Crippen LogP contribution in [0, 0.1) is 11.8 Å². The van der Waals surface area contributed by atoms with E-state index in [-0.39, 0.29) is 24.2 Å². The summed E-state index contributed by atoms with van der Waals surface area (Å²) >= 11 is 0. The van der Waals surface area contributed by atoms with E-state index in [4.69, 9.17) is 5.11 Å². The largest absolute Gasteiger partial charge is 0.384 e. The number of amides is 1. The number of carbonyl (C=O) groups excluding carboxylic acids is 1. The maximum atomic E-state index is 12.1. The fraction of sp³-hybridized carbons (Fsp3) is 0.429. The number of aromatic nitrogens is 1. The molecule has 1 aromatic heterocycles. The van der Waals surface area contributed by atoms with Crippen molar-refractivity contribution in [3.8, 4) is 11.8 Å². The third kappa shape index (κ3) is 5.51. The van der Waals surface area contributed by atoms with Crippen LogP contribution < -0.4 is 5.32 Å². The number of carbonyl (C=O) groups is 1. The number of nitrogens with one attached hydrogen (secondary N) is 1. The first-order valence-electron chi connectivity index (χ1n) is 6.20. The number of rotatable bonds is 5. The third-order valence-electron chi connectivity index (χ3n) is 2.54. The second-order valence-corrected chi connectivity index (χ2v) is 5.85. The lowest BCUT2D eigenvalue weighted by molar-refractivity contribution is 0.0934. The van der Waals surface area contributed by atoms with Gasteiger partial charge in [-0.05, 0) is 25.5 Å². The summed E-state index contributed by atoms with van der Waals surface area (Å²) in [7, 11) is -0.871. The molecule has 1 aromatic rings. The minimum Gasteiger partial charge on any atom is -0.384 e. The third-order valence-corrected chi connectivity index (χ3v) is 3.35. The van der Waals surface area contributed by atoms with E-state index in [1.807, 2.05) is 6.92 Å². The fourth-order valence-electron chi connectivity index (χ4n) is 1.53. The fourth-order valence-corrected chi connectivity index (χ4v) is 2.21. The van der Waals surface area contributed by atoms with Gasteiger partial charge >= 0.3 is 0 Å². The van der Waals surface area contributed by atoms with Crippen LogP contribution in [0.1, 0.15) is 29.4 Å². The van der Waals surface area contributed by atoms with Crippen molar-refractivity contribution < 1.29 is 14.1 Å². The summed E-state index contributed by atoms with van der Waals surface area (Å²) in [4.78, 5) is 16.1. The van der Waals surface area contributed by atoms with Crippen LogP contribution in [0.4, 0.5) is 0 Å². The Morgan fingerprint density at radius 1 is 1.60 bits per heavy atom. The Labute approximate surface area is 121 Å². The maximum Gasteiger partial charge on any atom is 0.271 e. The van der Waals surface area contributed by atoms with Gasteiger partial charge in [-0.1, -0.05) is 11.8 Å². The molecule has 20 heavy (non-hydrogen) atoms. The standard InChI is InChI=1S/C14H18N2O3S/c1-11(7-10-20(2)19)16-14(18)13-12(6-4-9-17)5-3-8-15-13/h3,5,8,11,17H,7,9-10H2,1-2H3,(H,16,18). The predicted octanol–water partition coefficient (Wildman–Crippen LogP) is 0.312. The molecule has 1 heterocycles. The molecule has 0 bridgehead atoms. The summed E-state index contributed by atoms with van der Waals surface area (Å²) in [6.07, 6.45) is 3.79. The second kappa shape index (κ2) is 8.46. The number of aliphatic hydroxyl groups excluding tert-OH is 1. The summed E-state index contributed by atoms with van der Waals surface area (Å²) in [6.45, 7) is 1.58. The van der Waals surface area contributed by atoms with Crippen molar-refractivity contribution in [1.29, 1.82) is 0 Å². The molecule has 6 heteroatoms. The molecule has 0 aliphatic heterocycles. The van der Waals surface area contributed by atoms with Gasteiger partial charge in [-0.15, -0.1) is 0 Å². The lowest BCUT2D eigenvalue weighted by Crippen LogP contribution is -2.34. The lowest BCUT2D eigenvalue weighted by Gasteiger charge is -2.13. The zero-order valence-corrected chi connectivity index (χ0v) is 12.4. The van der Waals surface area contributed by atoms with E-state index >= 15 is 0 Å². The Hall–Kier alpha value is -1.71. The van der Waals surface area contributed by atoms with Gasteiger partial charge in [0.1, 0.15) is 12.3 Å². The van der Waals surface area contributed by atoms with Crippen molar-refractivity contribution >= 4 is 16.7 Å². The van der Waals surface area contributed by atoms with Crippen LogP contribution in [-0.2, 0) is 10.8 Å². The molecule has 108 valence electrons. The normalized spacial score (nSPS) is 12.9. The molecule has 0 radical (unpaired) electrons. The van der Waals surface area contributed by atoms with Gasteiger partial charge in [0.25, 0.3) is 5.91 Å². The topological polar surface area (TPSA) is 79.3 Å². The van der Waals surface area contributed by atoms with Crippen LogP contribution in [0.2, 0.25) is 0 Å². The van der Waals surface area contributed by atoms with Crippen LogP contribution in [0.15, 0.2) is 18.3 Å². The van der Waals surface area contributed by atoms with Gasteiger partial charge < -0.3 is 10.4 Å². The summed E-state index contributed by atoms with van der Waals surface area (Å²) in [5, 5.41) is 11.5. The Morgan fingerprint density at radius 3 is 3.00 bits per heavy atom. The molecule has 0 fully saturated rings. The van der Waals surface area contributed by atoms with E-state index < -0.39 is 10.8 Å². The molecule has 0 aliphatic carbocycles. The van der Waals surface area contributed by atoms with Gasteiger partial charge in [-0.2, -0.15) is 0 Å². The first-order valence-corrected chi connectivity index (χ1v) is 7.93.